The number of hydrogen-bond acceptors (Lipinski definition) is 4. The number of hydrogen-bond donors (Lipinski definition) is 1. The molecule has 0 saturated carbocycles. The Labute approximate surface area is 160 Å². The van der Waals surface area contributed by atoms with Crippen molar-refractivity contribution in [2.24, 2.45) is 0 Å². The first-order chi connectivity index (χ1) is 12.0. The number of benzene rings is 1. The molecule has 25 heavy (non-hydrogen) atoms. The molecule has 7 heteroatoms. The molecule has 1 N–H and O–H groups in total. The lowest BCUT2D eigenvalue weighted by molar-refractivity contribution is -0.119. The van der Waals surface area contributed by atoms with Gasteiger partial charge in [0.25, 0.3) is 5.91 Å². The topological polar surface area (TPSA) is 55.4 Å². The lowest BCUT2D eigenvalue weighted by Gasteiger charge is -2.07. The number of fused-ring (bicyclic) bond motifs is 1. The standard InChI is InChI=1S/C18H17Cl2NO3S/c19-12-6-7-14(13(20)9-12)21-17(22)10-24-18(23)16-8-11-4-2-1-3-5-15(11)25-16/h6-9H,1-5,10H2,(H,21,22). The van der Waals surface area contributed by atoms with Gasteiger partial charge in [0, 0.05) is 9.90 Å². The number of rotatable bonds is 4. The van der Waals surface area contributed by atoms with Gasteiger partial charge in [-0.05, 0) is 55.5 Å². The van der Waals surface area contributed by atoms with Crippen LogP contribution >= 0.6 is 34.5 Å². The molecule has 0 fully saturated rings. The first-order valence-corrected chi connectivity index (χ1v) is 9.64. The van der Waals surface area contributed by atoms with Crippen molar-refractivity contribution in [2.45, 2.75) is 32.1 Å². The Kier molecular flexibility index (Phi) is 5.99. The second-order valence-corrected chi connectivity index (χ2v) is 7.85. The van der Waals surface area contributed by atoms with E-state index in [9.17, 15) is 9.59 Å². The Morgan fingerprint density at radius 3 is 2.72 bits per heavy atom. The number of halogens is 2. The molecular formula is C18H17Cl2NO3S. The third kappa shape index (κ3) is 4.75. The molecule has 1 aromatic carbocycles. The van der Waals surface area contributed by atoms with Crippen molar-refractivity contribution in [2.75, 3.05) is 11.9 Å². The molecule has 1 amide bonds. The van der Waals surface area contributed by atoms with Crippen molar-refractivity contribution in [1.29, 1.82) is 0 Å². The van der Waals surface area contributed by atoms with Crippen molar-refractivity contribution in [1.82, 2.24) is 0 Å². The quantitative estimate of drug-likeness (QED) is 0.575. The third-order valence-corrected chi connectivity index (χ3v) is 5.75. The maximum absolute atomic E-state index is 12.2. The molecule has 2 aromatic rings. The van der Waals surface area contributed by atoms with E-state index in [1.165, 1.54) is 34.3 Å². The summed E-state index contributed by atoms with van der Waals surface area (Å²) in [6.45, 7) is -0.361. The summed E-state index contributed by atoms with van der Waals surface area (Å²) in [5.41, 5.74) is 1.67. The van der Waals surface area contributed by atoms with Gasteiger partial charge in [-0.2, -0.15) is 0 Å². The molecule has 3 rings (SSSR count). The fourth-order valence-electron chi connectivity index (χ4n) is 2.75. The number of aryl methyl sites for hydroxylation is 2. The Morgan fingerprint density at radius 2 is 1.92 bits per heavy atom. The van der Waals surface area contributed by atoms with Gasteiger partial charge in [-0.25, -0.2) is 4.79 Å². The van der Waals surface area contributed by atoms with E-state index in [4.69, 9.17) is 27.9 Å². The molecule has 1 aliphatic rings. The van der Waals surface area contributed by atoms with E-state index < -0.39 is 11.9 Å². The van der Waals surface area contributed by atoms with Crippen LogP contribution in [0.3, 0.4) is 0 Å². The van der Waals surface area contributed by atoms with Gasteiger partial charge in [0.1, 0.15) is 4.88 Å². The van der Waals surface area contributed by atoms with Crippen LogP contribution in [0, 0.1) is 0 Å². The minimum atomic E-state index is -0.463. The molecule has 4 nitrogen and oxygen atoms in total. The highest BCUT2D eigenvalue weighted by atomic mass is 35.5. The molecule has 0 unspecified atom stereocenters. The van der Waals surface area contributed by atoms with Crippen LogP contribution in [0.4, 0.5) is 5.69 Å². The SMILES string of the molecule is O=C(COC(=O)c1cc2c(s1)CCCCC2)Nc1ccc(Cl)cc1Cl. The first-order valence-electron chi connectivity index (χ1n) is 8.06. The average Bonchev–Trinajstić information content (AvgIpc) is 2.86. The second-order valence-electron chi connectivity index (χ2n) is 5.87. The van der Waals surface area contributed by atoms with Gasteiger partial charge < -0.3 is 10.1 Å². The summed E-state index contributed by atoms with van der Waals surface area (Å²) in [5.74, 6) is -0.911. The summed E-state index contributed by atoms with van der Waals surface area (Å²) in [7, 11) is 0. The lowest BCUT2D eigenvalue weighted by atomic mass is 10.1. The van der Waals surface area contributed by atoms with Gasteiger partial charge in [-0.3, -0.25) is 4.79 Å². The molecule has 1 aromatic heterocycles. The minimum Gasteiger partial charge on any atom is -0.451 e. The maximum Gasteiger partial charge on any atom is 0.348 e. The van der Waals surface area contributed by atoms with Gasteiger partial charge >= 0.3 is 5.97 Å². The molecule has 0 bridgehead atoms. The summed E-state index contributed by atoms with van der Waals surface area (Å²) in [6, 6.07) is 6.65. The van der Waals surface area contributed by atoms with E-state index in [0.717, 1.165) is 25.7 Å². The molecule has 1 heterocycles. The zero-order valence-electron chi connectivity index (χ0n) is 13.4. The van der Waals surface area contributed by atoms with E-state index in [1.54, 1.807) is 12.1 Å². The van der Waals surface area contributed by atoms with Gasteiger partial charge in [0.05, 0.1) is 10.7 Å². The van der Waals surface area contributed by atoms with E-state index >= 15 is 0 Å². The van der Waals surface area contributed by atoms with E-state index in [2.05, 4.69) is 5.32 Å². The van der Waals surface area contributed by atoms with Crippen LogP contribution in [-0.2, 0) is 22.4 Å². The van der Waals surface area contributed by atoms with Crippen molar-refractivity contribution in [3.8, 4) is 0 Å². The molecule has 0 saturated heterocycles. The number of amides is 1. The van der Waals surface area contributed by atoms with Crippen LogP contribution in [0.25, 0.3) is 0 Å². The number of carbonyl (C=O) groups excluding carboxylic acids is 2. The summed E-state index contributed by atoms with van der Waals surface area (Å²) < 4.78 is 5.12. The van der Waals surface area contributed by atoms with Crippen LogP contribution in [0.15, 0.2) is 24.3 Å². The number of esters is 1. The van der Waals surface area contributed by atoms with Crippen molar-refractivity contribution in [3.05, 3.63) is 49.6 Å². The van der Waals surface area contributed by atoms with Gasteiger partial charge in [0.15, 0.2) is 6.61 Å². The number of thiophene rings is 1. The minimum absolute atomic E-state index is 0.328. The van der Waals surface area contributed by atoms with Gasteiger partial charge in [-0.15, -0.1) is 11.3 Å². The Morgan fingerprint density at radius 1 is 1.12 bits per heavy atom. The largest absolute Gasteiger partial charge is 0.451 e. The van der Waals surface area contributed by atoms with Crippen LogP contribution in [-0.4, -0.2) is 18.5 Å². The fourth-order valence-corrected chi connectivity index (χ4v) is 4.35. The van der Waals surface area contributed by atoms with E-state index in [-0.39, 0.29) is 6.61 Å². The smallest absolute Gasteiger partial charge is 0.348 e. The summed E-state index contributed by atoms with van der Waals surface area (Å²) in [6.07, 6.45) is 5.57. The molecule has 0 aliphatic heterocycles. The van der Waals surface area contributed by atoms with Crippen LogP contribution in [0.2, 0.25) is 10.0 Å². The molecular weight excluding hydrogens is 381 g/mol. The summed E-state index contributed by atoms with van der Waals surface area (Å²) in [4.78, 5) is 26.0. The van der Waals surface area contributed by atoms with Gasteiger partial charge in [0.2, 0.25) is 0 Å². The lowest BCUT2D eigenvalue weighted by Crippen LogP contribution is -2.20. The fraction of sp³-hybridized carbons (Fsp3) is 0.333. The molecule has 0 radical (unpaired) electrons. The Hall–Kier alpha value is -1.56. The molecule has 132 valence electrons. The monoisotopic (exact) mass is 397 g/mol. The Bertz CT molecular complexity index is 780. The highest BCUT2D eigenvalue weighted by Gasteiger charge is 2.18. The highest BCUT2D eigenvalue weighted by molar-refractivity contribution is 7.14. The highest BCUT2D eigenvalue weighted by Crippen LogP contribution is 2.29. The number of nitrogens with one attached hydrogen (secondary N) is 1. The number of ether oxygens (including phenoxy) is 1. The van der Waals surface area contributed by atoms with Crippen LogP contribution in [0.1, 0.15) is 39.4 Å². The first kappa shape index (κ1) is 18.2. The van der Waals surface area contributed by atoms with E-state index in [0.29, 0.717) is 20.6 Å². The average molecular weight is 398 g/mol. The number of carbonyl (C=O) groups is 2. The molecule has 0 atom stereocenters. The van der Waals surface area contributed by atoms with Crippen molar-refractivity contribution < 1.29 is 14.3 Å². The zero-order valence-corrected chi connectivity index (χ0v) is 15.8. The number of anilines is 1. The predicted molar refractivity (Wildman–Crippen MR) is 101 cm³/mol. The van der Waals surface area contributed by atoms with E-state index in [1.807, 2.05) is 6.07 Å². The maximum atomic E-state index is 12.2. The van der Waals surface area contributed by atoms with Crippen LogP contribution < -0.4 is 5.32 Å². The predicted octanol–water partition coefficient (Wildman–Crippen LogP) is 5.12. The molecule has 0 spiro atoms. The normalized spacial score (nSPS) is 13.7. The Balaban J connectivity index is 1.56. The third-order valence-electron chi connectivity index (χ3n) is 3.99. The van der Waals surface area contributed by atoms with Crippen molar-refractivity contribution in [3.63, 3.8) is 0 Å². The summed E-state index contributed by atoms with van der Waals surface area (Å²) >= 11 is 13.3. The summed E-state index contributed by atoms with van der Waals surface area (Å²) in [5, 5.41) is 3.40. The van der Waals surface area contributed by atoms with Crippen molar-refractivity contribution >= 4 is 52.1 Å². The molecule has 1 aliphatic carbocycles. The zero-order chi connectivity index (χ0) is 17.8. The van der Waals surface area contributed by atoms with Crippen LogP contribution in [0.5, 0.6) is 0 Å². The second kappa shape index (κ2) is 8.21. The van der Waals surface area contributed by atoms with Gasteiger partial charge in [-0.1, -0.05) is 29.6 Å².